The van der Waals surface area contributed by atoms with Crippen molar-refractivity contribution in [3.05, 3.63) is 80.8 Å². The van der Waals surface area contributed by atoms with Crippen LogP contribution in [0, 0.1) is 5.92 Å². The van der Waals surface area contributed by atoms with Gasteiger partial charge in [0.1, 0.15) is 6.61 Å². The Hall–Kier alpha value is -2.60. The summed E-state index contributed by atoms with van der Waals surface area (Å²) in [6, 6.07) is 16.6. The van der Waals surface area contributed by atoms with Crippen LogP contribution in [0.25, 0.3) is 0 Å². The molecule has 0 radical (unpaired) electrons. The highest BCUT2D eigenvalue weighted by molar-refractivity contribution is 6.36. The molecule has 0 aliphatic rings. The average molecular weight is 522 g/mol. The summed E-state index contributed by atoms with van der Waals surface area (Å²) in [5, 5.41) is 7.71. The van der Waals surface area contributed by atoms with Gasteiger partial charge in [0.2, 0.25) is 5.91 Å². The standard InChI is InChI=1S/C26H27Cl3N2O3/c1-4-33-24-13-17(14-30-18-8-10-19(11-9-18)31-26(32)16(2)3)12-23(29)25(24)34-15-20-21(27)6-5-7-22(20)28/h5-13,16,30H,4,14-15H2,1-3H3,(H,31,32). The minimum absolute atomic E-state index is 0.0158. The second-order valence-corrected chi connectivity index (χ2v) is 9.12. The number of ether oxygens (including phenoxy) is 2. The van der Waals surface area contributed by atoms with E-state index in [0.717, 1.165) is 16.9 Å². The fourth-order valence-corrected chi connectivity index (χ4v) is 3.90. The second-order valence-electron chi connectivity index (χ2n) is 7.90. The molecule has 5 nitrogen and oxygen atoms in total. The normalized spacial score (nSPS) is 10.8. The molecule has 3 aromatic carbocycles. The van der Waals surface area contributed by atoms with Gasteiger partial charge in [-0.05, 0) is 61.0 Å². The van der Waals surface area contributed by atoms with Crippen molar-refractivity contribution >= 4 is 52.1 Å². The molecule has 0 spiro atoms. The number of anilines is 2. The predicted octanol–water partition coefficient (Wildman–Crippen LogP) is 7.83. The average Bonchev–Trinajstić information content (AvgIpc) is 2.79. The third kappa shape index (κ3) is 6.95. The molecule has 3 rings (SSSR count). The van der Waals surface area contributed by atoms with Gasteiger partial charge in [0.15, 0.2) is 11.5 Å². The first kappa shape index (κ1) is 26.0. The lowest BCUT2D eigenvalue weighted by Gasteiger charge is -2.17. The van der Waals surface area contributed by atoms with E-state index in [0.29, 0.717) is 45.3 Å². The summed E-state index contributed by atoms with van der Waals surface area (Å²) in [6.07, 6.45) is 0. The molecule has 0 saturated heterocycles. The Bertz CT molecular complexity index is 1110. The fourth-order valence-electron chi connectivity index (χ4n) is 3.10. The van der Waals surface area contributed by atoms with E-state index in [9.17, 15) is 4.79 Å². The maximum Gasteiger partial charge on any atom is 0.226 e. The molecule has 180 valence electrons. The summed E-state index contributed by atoms with van der Waals surface area (Å²) in [6.45, 7) is 6.75. The number of carbonyl (C=O) groups excluding carboxylic acids is 1. The van der Waals surface area contributed by atoms with Gasteiger partial charge < -0.3 is 20.1 Å². The third-order valence-electron chi connectivity index (χ3n) is 4.97. The van der Waals surface area contributed by atoms with Gasteiger partial charge in [-0.25, -0.2) is 0 Å². The minimum atomic E-state index is -0.0734. The fraction of sp³-hybridized carbons (Fsp3) is 0.269. The predicted molar refractivity (Wildman–Crippen MR) is 141 cm³/mol. The third-order valence-corrected chi connectivity index (χ3v) is 5.95. The molecule has 8 heteroatoms. The number of rotatable bonds is 10. The molecular weight excluding hydrogens is 495 g/mol. The van der Waals surface area contributed by atoms with Crippen molar-refractivity contribution in [1.82, 2.24) is 0 Å². The van der Waals surface area contributed by atoms with E-state index in [-0.39, 0.29) is 18.4 Å². The monoisotopic (exact) mass is 520 g/mol. The van der Waals surface area contributed by atoms with Crippen LogP contribution >= 0.6 is 34.8 Å². The first-order valence-corrected chi connectivity index (χ1v) is 12.1. The van der Waals surface area contributed by atoms with E-state index in [1.165, 1.54) is 0 Å². The zero-order chi connectivity index (χ0) is 24.7. The van der Waals surface area contributed by atoms with Crippen molar-refractivity contribution < 1.29 is 14.3 Å². The summed E-state index contributed by atoms with van der Waals surface area (Å²) >= 11 is 19.1. The molecule has 0 atom stereocenters. The molecule has 0 aliphatic heterocycles. The minimum Gasteiger partial charge on any atom is -0.490 e. The molecule has 0 aliphatic carbocycles. The number of nitrogens with one attached hydrogen (secondary N) is 2. The van der Waals surface area contributed by atoms with Gasteiger partial charge in [0, 0.05) is 39.4 Å². The smallest absolute Gasteiger partial charge is 0.226 e. The van der Waals surface area contributed by atoms with Crippen molar-refractivity contribution in [2.45, 2.75) is 33.9 Å². The summed E-state index contributed by atoms with van der Waals surface area (Å²) in [4.78, 5) is 11.8. The Morgan fingerprint density at radius 2 is 1.56 bits per heavy atom. The van der Waals surface area contributed by atoms with E-state index in [1.54, 1.807) is 18.2 Å². The molecule has 0 bridgehead atoms. The van der Waals surface area contributed by atoms with Gasteiger partial charge in [0.05, 0.1) is 11.6 Å². The summed E-state index contributed by atoms with van der Waals surface area (Å²) in [5.74, 6) is 0.892. The lowest BCUT2D eigenvalue weighted by Crippen LogP contribution is -2.17. The van der Waals surface area contributed by atoms with Crippen LogP contribution < -0.4 is 20.1 Å². The molecule has 0 fully saturated rings. The van der Waals surface area contributed by atoms with Crippen molar-refractivity contribution in [3.8, 4) is 11.5 Å². The second kappa shape index (κ2) is 12.2. The topological polar surface area (TPSA) is 59.6 Å². The quantitative estimate of drug-likeness (QED) is 0.285. The van der Waals surface area contributed by atoms with E-state index in [4.69, 9.17) is 44.3 Å². The van der Waals surface area contributed by atoms with Crippen molar-refractivity contribution in [1.29, 1.82) is 0 Å². The van der Waals surface area contributed by atoms with Crippen molar-refractivity contribution in [3.63, 3.8) is 0 Å². The van der Waals surface area contributed by atoms with E-state index in [2.05, 4.69) is 10.6 Å². The Morgan fingerprint density at radius 1 is 0.912 bits per heavy atom. The van der Waals surface area contributed by atoms with E-state index in [1.807, 2.05) is 57.2 Å². The van der Waals surface area contributed by atoms with Crippen molar-refractivity contribution in [2.24, 2.45) is 5.92 Å². The summed E-state index contributed by atoms with van der Waals surface area (Å²) < 4.78 is 11.8. The highest BCUT2D eigenvalue weighted by Crippen LogP contribution is 2.38. The largest absolute Gasteiger partial charge is 0.490 e. The number of halogens is 3. The van der Waals surface area contributed by atoms with Crippen LogP contribution in [-0.2, 0) is 17.9 Å². The lowest BCUT2D eigenvalue weighted by molar-refractivity contribution is -0.118. The molecule has 34 heavy (non-hydrogen) atoms. The van der Waals surface area contributed by atoms with Crippen LogP contribution in [0.3, 0.4) is 0 Å². The van der Waals surface area contributed by atoms with Gasteiger partial charge in [0.25, 0.3) is 0 Å². The highest BCUT2D eigenvalue weighted by atomic mass is 35.5. The Kier molecular flexibility index (Phi) is 9.34. The molecule has 0 saturated carbocycles. The van der Waals surface area contributed by atoms with Gasteiger partial charge in [-0.1, -0.05) is 54.7 Å². The Balaban J connectivity index is 1.69. The lowest BCUT2D eigenvalue weighted by atomic mass is 10.1. The summed E-state index contributed by atoms with van der Waals surface area (Å²) in [7, 11) is 0. The van der Waals surface area contributed by atoms with Gasteiger partial charge in [-0.3, -0.25) is 4.79 Å². The van der Waals surface area contributed by atoms with Crippen molar-refractivity contribution in [2.75, 3.05) is 17.2 Å². The van der Waals surface area contributed by atoms with Crippen LogP contribution in [-0.4, -0.2) is 12.5 Å². The van der Waals surface area contributed by atoms with Gasteiger partial charge in [-0.15, -0.1) is 0 Å². The number of carbonyl (C=O) groups is 1. The van der Waals surface area contributed by atoms with Gasteiger partial charge >= 0.3 is 0 Å². The summed E-state index contributed by atoms with van der Waals surface area (Å²) in [5.41, 5.74) is 3.27. The number of amides is 1. The highest BCUT2D eigenvalue weighted by Gasteiger charge is 2.15. The Labute approximate surface area is 215 Å². The molecule has 2 N–H and O–H groups in total. The van der Waals surface area contributed by atoms with Gasteiger partial charge in [-0.2, -0.15) is 0 Å². The van der Waals surface area contributed by atoms with Crippen LogP contribution in [0.1, 0.15) is 31.9 Å². The molecule has 0 aromatic heterocycles. The zero-order valence-electron chi connectivity index (χ0n) is 19.3. The number of hydrogen-bond donors (Lipinski definition) is 2. The maximum atomic E-state index is 11.8. The molecule has 0 unspecified atom stereocenters. The molecule has 3 aromatic rings. The maximum absolute atomic E-state index is 11.8. The first-order chi connectivity index (χ1) is 16.3. The molecule has 0 heterocycles. The number of hydrogen-bond acceptors (Lipinski definition) is 4. The van der Waals surface area contributed by atoms with Crippen LogP contribution in [0.2, 0.25) is 15.1 Å². The SMILES string of the molecule is CCOc1cc(CNc2ccc(NC(=O)C(C)C)cc2)cc(Cl)c1OCc1c(Cl)cccc1Cl. The van der Waals surface area contributed by atoms with Crippen LogP contribution in [0.5, 0.6) is 11.5 Å². The number of benzene rings is 3. The first-order valence-electron chi connectivity index (χ1n) is 10.9. The van der Waals surface area contributed by atoms with Crippen LogP contribution in [0.15, 0.2) is 54.6 Å². The molecule has 1 amide bonds. The molecular formula is C26H27Cl3N2O3. The zero-order valence-corrected chi connectivity index (χ0v) is 21.5. The van der Waals surface area contributed by atoms with E-state index < -0.39 is 0 Å². The van der Waals surface area contributed by atoms with Crippen LogP contribution in [0.4, 0.5) is 11.4 Å². The Morgan fingerprint density at radius 3 is 2.18 bits per heavy atom. The van der Waals surface area contributed by atoms with E-state index >= 15 is 0 Å².